The number of piperidine rings is 1. The van der Waals surface area contributed by atoms with Crippen LogP contribution in [-0.2, 0) is 10.0 Å². The summed E-state index contributed by atoms with van der Waals surface area (Å²) in [7, 11) is -4.05. The van der Waals surface area contributed by atoms with Crippen LogP contribution in [0, 0.1) is 5.92 Å². The lowest BCUT2D eigenvalue weighted by Crippen LogP contribution is -2.40. The molecular formula is C14H20ClF3N2O3S. The second kappa shape index (κ2) is 8.37. The highest BCUT2D eigenvalue weighted by Gasteiger charge is 2.36. The van der Waals surface area contributed by atoms with Gasteiger partial charge >= 0.3 is 6.36 Å². The van der Waals surface area contributed by atoms with Crippen molar-refractivity contribution in [1.29, 1.82) is 0 Å². The van der Waals surface area contributed by atoms with E-state index in [1.807, 2.05) is 0 Å². The van der Waals surface area contributed by atoms with Crippen LogP contribution >= 0.6 is 12.4 Å². The fourth-order valence-corrected chi connectivity index (χ4v) is 4.40. The minimum Gasteiger partial charge on any atom is -0.404 e. The van der Waals surface area contributed by atoms with Crippen LogP contribution < -0.4 is 10.5 Å². The van der Waals surface area contributed by atoms with Crippen LogP contribution in [0.1, 0.15) is 19.3 Å². The summed E-state index contributed by atoms with van der Waals surface area (Å²) < 4.78 is 67.9. The van der Waals surface area contributed by atoms with E-state index in [1.165, 1.54) is 16.4 Å². The van der Waals surface area contributed by atoms with Gasteiger partial charge < -0.3 is 10.5 Å². The van der Waals surface area contributed by atoms with Crippen LogP contribution in [0.15, 0.2) is 29.2 Å². The molecule has 1 aliphatic heterocycles. The van der Waals surface area contributed by atoms with Crippen LogP contribution in [0.25, 0.3) is 0 Å². The van der Waals surface area contributed by atoms with Crippen molar-refractivity contribution in [2.24, 2.45) is 11.7 Å². The van der Waals surface area contributed by atoms with Gasteiger partial charge in [0.1, 0.15) is 10.6 Å². The number of hydrogen-bond donors (Lipinski definition) is 1. The Hall–Kier alpha value is -1.03. The predicted molar refractivity (Wildman–Crippen MR) is 85.5 cm³/mol. The molecule has 24 heavy (non-hydrogen) atoms. The van der Waals surface area contributed by atoms with Gasteiger partial charge in [0, 0.05) is 13.1 Å². The molecule has 0 radical (unpaired) electrons. The van der Waals surface area contributed by atoms with E-state index >= 15 is 0 Å². The number of alkyl halides is 3. The molecule has 1 fully saturated rings. The van der Waals surface area contributed by atoms with Crippen molar-refractivity contribution in [3.63, 3.8) is 0 Å². The van der Waals surface area contributed by atoms with E-state index in [4.69, 9.17) is 5.73 Å². The van der Waals surface area contributed by atoms with Crippen molar-refractivity contribution in [2.75, 3.05) is 19.6 Å². The van der Waals surface area contributed by atoms with E-state index in [9.17, 15) is 21.6 Å². The number of hydrogen-bond acceptors (Lipinski definition) is 4. The number of sulfonamides is 1. The molecule has 1 aromatic carbocycles. The summed E-state index contributed by atoms with van der Waals surface area (Å²) in [4.78, 5) is -0.467. The first-order valence-electron chi connectivity index (χ1n) is 7.29. The minimum atomic E-state index is -4.95. The summed E-state index contributed by atoms with van der Waals surface area (Å²) in [6.07, 6.45) is -2.74. The Morgan fingerprint density at radius 3 is 2.58 bits per heavy atom. The Balaban J connectivity index is 0.00000288. The van der Waals surface area contributed by atoms with Gasteiger partial charge in [0.05, 0.1) is 0 Å². The molecule has 10 heteroatoms. The van der Waals surface area contributed by atoms with Crippen LogP contribution in [0.4, 0.5) is 13.2 Å². The highest BCUT2D eigenvalue weighted by Crippen LogP contribution is 2.33. The van der Waals surface area contributed by atoms with Crippen molar-refractivity contribution in [3.05, 3.63) is 24.3 Å². The van der Waals surface area contributed by atoms with Gasteiger partial charge in [-0.25, -0.2) is 8.42 Å². The van der Waals surface area contributed by atoms with Crippen molar-refractivity contribution >= 4 is 22.4 Å². The van der Waals surface area contributed by atoms with Gasteiger partial charge in [-0.3, -0.25) is 0 Å². The van der Waals surface area contributed by atoms with Crippen LogP contribution in [0.3, 0.4) is 0 Å². The van der Waals surface area contributed by atoms with Gasteiger partial charge in [-0.15, -0.1) is 25.6 Å². The lowest BCUT2D eigenvalue weighted by molar-refractivity contribution is -0.275. The minimum absolute atomic E-state index is 0. The quantitative estimate of drug-likeness (QED) is 0.841. The SMILES string of the molecule is Cl.NCCC1CCCN(S(=O)(=O)c2ccccc2OC(F)(F)F)C1. The Kier molecular flexibility index (Phi) is 7.33. The van der Waals surface area contributed by atoms with Crippen LogP contribution in [0.5, 0.6) is 5.75 Å². The van der Waals surface area contributed by atoms with Gasteiger partial charge in [-0.1, -0.05) is 12.1 Å². The third-order valence-corrected chi connectivity index (χ3v) is 5.65. The van der Waals surface area contributed by atoms with E-state index < -0.39 is 27.0 Å². The fourth-order valence-electron chi connectivity index (χ4n) is 2.73. The molecule has 0 spiro atoms. The first-order chi connectivity index (χ1) is 10.7. The Labute approximate surface area is 145 Å². The van der Waals surface area contributed by atoms with E-state index in [1.54, 1.807) is 0 Å². The first kappa shape index (κ1) is 21.0. The molecule has 1 atom stereocenters. The monoisotopic (exact) mass is 388 g/mol. The maximum absolute atomic E-state index is 12.7. The Morgan fingerprint density at radius 2 is 1.96 bits per heavy atom. The maximum atomic E-state index is 12.7. The standard InChI is InChI=1S/C14H19F3N2O3S.ClH/c15-14(16,17)22-12-5-1-2-6-13(12)23(20,21)19-9-3-4-11(10-19)7-8-18;/h1-2,5-6,11H,3-4,7-10,18H2;1H. The van der Waals surface area contributed by atoms with Crippen molar-refractivity contribution < 1.29 is 26.3 Å². The van der Waals surface area contributed by atoms with Gasteiger partial charge in [0.2, 0.25) is 10.0 Å². The zero-order chi connectivity index (χ0) is 17.1. The number of nitrogens with two attached hydrogens (primary N) is 1. The average molecular weight is 389 g/mol. The number of halogens is 4. The van der Waals surface area contributed by atoms with Crippen molar-refractivity contribution in [3.8, 4) is 5.75 Å². The molecule has 0 aromatic heterocycles. The van der Waals surface area contributed by atoms with E-state index in [0.717, 1.165) is 18.6 Å². The molecule has 0 amide bonds. The van der Waals surface area contributed by atoms with Gasteiger partial charge in [0.15, 0.2) is 0 Å². The molecule has 0 aliphatic carbocycles. The number of benzene rings is 1. The largest absolute Gasteiger partial charge is 0.573 e. The van der Waals surface area contributed by atoms with Crippen LogP contribution in [0.2, 0.25) is 0 Å². The smallest absolute Gasteiger partial charge is 0.404 e. The highest BCUT2D eigenvalue weighted by molar-refractivity contribution is 7.89. The van der Waals surface area contributed by atoms with Crippen LogP contribution in [-0.4, -0.2) is 38.7 Å². The molecular weight excluding hydrogens is 369 g/mol. The molecule has 1 aromatic rings. The number of ether oxygens (including phenoxy) is 1. The lowest BCUT2D eigenvalue weighted by atomic mass is 9.96. The summed E-state index contributed by atoms with van der Waals surface area (Å²) in [5, 5.41) is 0. The Bertz CT molecular complexity index is 638. The van der Waals surface area contributed by atoms with E-state index in [2.05, 4.69) is 4.74 Å². The molecule has 1 unspecified atom stereocenters. The normalized spacial score (nSPS) is 19.6. The molecule has 1 aliphatic rings. The zero-order valence-electron chi connectivity index (χ0n) is 12.8. The lowest BCUT2D eigenvalue weighted by Gasteiger charge is -2.32. The summed E-state index contributed by atoms with van der Waals surface area (Å²) in [5.41, 5.74) is 5.51. The molecule has 0 saturated carbocycles. The van der Waals surface area contributed by atoms with E-state index in [0.29, 0.717) is 19.4 Å². The van der Waals surface area contributed by atoms with Gasteiger partial charge in [-0.2, -0.15) is 4.31 Å². The molecule has 5 nitrogen and oxygen atoms in total. The molecule has 2 rings (SSSR count). The number of rotatable bonds is 5. The average Bonchev–Trinajstić information content (AvgIpc) is 2.46. The Morgan fingerprint density at radius 1 is 1.29 bits per heavy atom. The molecule has 1 saturated heterocycles. The fraction of sp³-hybridized carbons (Fsp3) is 0.571. The number of para-hydroxylation sites is 1. The molecule has 2 N–H and O–H groups in total. The second-order valence-electron chi connectivity index (χ2n) is 5.44. The summed E-state index contributed by atoms with van der Waals surface area (Å²) in [6.45, 7) is 0.996. The summed E-state index contributed by atoms with van der Waals surface area (Å²) in [5.74, 6) is -0.583. The zero-order valence-corrected chi connectivity index (χ0v) is 14.5. The van der Waals surface area contributed by atoms with Gasteiger partial charge in [-0.05, 0) is 43.9 Å². The third kappa shape index (κ3) is 5.23. The third-order valence-electron chi connectivity index (χ3n) is 3.75. The number of nitrogens with zero attached hydrogens (tertiary/aromatic N) is 1. The second-order valence-corrected chi connectivity index (χ2v) is 7.35. The summed E-state index contributed by atoms with van der Waals surface area (Å²) >= 11 is 0. The van der Waals surface area contributed by atoms with Crippen molar-refractivity contribution in [1.82, 2.24) is 4.31 Å². The molecule has 0 bridgehead atoms. The first-order valence-corrected chi connectivity index (χ1v) is 8.73. The predicted octanol–water partition coefficient (Wildman–Crippen LogP) is 2.76. The van der Waals surface area contributed by atoms with Crippen molar-refractivity contribution in [2.45, 2.75) is 30.5 Å². The molecule has 1 heterocycles. The maximum Gasteiger partial charge on any atom is 0.573 e. The van der Waals surface area contributed by atoms with Gasteiger partial charge in [0.25, 0.3) is 0 Å². The van der Waals surface area contributed by atoms with E-state index in [-0.39, 0.29) is 31.4 Å². The highest BCUT2D eigenvalue weighted by atomic mass is 35.5. The molecule has 138 valence electrons. The summed E-state index contributed by atoms with van der Waals surface area (Å²) in [6, 6.07) is 4.80. The topological polar surface area (TPSA) is 72.6 Å².